The molecule has 17 heavy (non-hydrogen) atoms. The maximum Gasteiger partial charge on any atom is 0.213 e. The van der Waals surface area contributed by atoms with Gasteiger partial charge in [-0.15, -0.1) is 10.2 Å². The lowest BCUT2D eigenvalue weighted by molar-refractivity contribution is 0.406. The molecule has 0 fully saturated rings. The molecule has 0 unspecified atom stereocenters. The van der Waals surface area contributed by atoms with E-state index in [1.807, 2.05) is 0 Å². The van der Waals surface area contributed by atoms with Crippen molar-refractivity contribution < 1.29 is 4.52 Å². The second-order valence-electron chi connectivity index (χ2n) is 4.09. The third-order valence-corrected chi connectivity index (χ3v) is 2.91. The van der Waals surface area contributed by atoms with E-state index in [4.69, 9.17) is 0 Å². The minimum Gasteiger partial charge on any atom is -0.343 e. The minimum atomic E-state index is 0.582. The summed E-state index contributed by atoms with van der Waals surface area (Å²) >= 11 is 0. The van der Waals surface area contributed by atoms with Crippen LogP contribution < -0.4 is 5.32 Å². The summed E-state index contributed by atoms with van der Waals surface area (Å²) in [4.78, 5) is 3.94. The summed E-state index contributed by atoms with van der Waals surface area (Å²) in [5.41, 5.74) is 0. The number of nitrogens with zero attached hydrogens (tertiary/aromatic N) is 5. The quantitative estimate of drug-likeness (QED) is 0.818. The lowest BCUT2D eigenvalue weighted by Crippen LogP contribution is -2.19. The molecule has 0 atom stereocenters. The van der Waals surface area contributed by atoms with E-state index in [1.165, 1.54) is 19.2 Å². The van der Waals surface area contributed by atoms with Crippen molar-refractivity contribution in [3.63, 3.8) is 0 Å². The summed E-state index contributed by atoms with van der Waals surface area (Å²) in [6, 6.07) is 0. The zero-order valence-electron chi connectivity index (χ0n) is 9.46. The zero-order valence-corrected chi connectivity index (χ0v) is 9.46. The fraction of sp³-hybridized carbons (Fsp3) is 0.600. The van der Waals surface area contributed by atoms with E-state index >= 15 is 0 Å². The highest BCUT2D eigenvalue weighted by molar-refractivity contribution is 4.98. The van der Waals surface area contributed by atoms with Gasteiger partial charge in [-0.25, -0.2) is 0 Å². The van der Waals surface area contributed by atoms with E-state index in [2.05, 4.69) is 34.7 Å². The summed E-state index contributed by atoms with van der Waals surface area (Å²) in [6.07, 6.45) is 4.80. The van der Waals surface area contributed by atoms with Gasteiger partial charge < -0.3 is 14.4 Å². The summed E-state index contributed by atoms with van der Waals surface area (Å²) in [6.45, 7) is 2.29. The molecule has 0 spiro atoms. The predicted molar refractivity (Wildman–Crippen MR) is 57.8 cm³/mol. The van der Waals surface area contributed by atoms with Gasteiger partial charge in [0.2, 0.25) is 6.39 Å². The van der Waals surface area contributed by atoms with Crippen LogP contribution in [0, 0.1) is 0 Å². The van der Waals surface area contributed by atoms with Gasteiger partial charge in [0, 0.05) is 13.0 Å². The molecule has 1 aliphatic heterocycles. The first-order valence-electron chi connectivity index (χ1n) is 5.80. The highest BCUT2D eigenvalue weighted by Gasteiger charge is 2.15. The maximum absolute atomic E-state index is 4.66. The molecule has 0 saturated carbocycles. The van der Waals surface area contributed by atoms with Gasteiger partial charge in [-0.1, -0.05) is 5.16 Å². The van der Waals surface area contributed by atoms with Crippen molar-refractivity contribution in [2.45, 2.75) is 38.9 Å². The van der Waals surface area contributed by atoms with Crippen molar-refractivity contribution in [2.75, 3.05) is 0 Å². The average molecular weight is 234 g/mol. The molecule has 0 aromatic carbocycles. The summed E-state index contributed by atoms with van der Waals surface area (Å²) in [7, 11) is 0. The molecular weight excluding hydrogens is 220 g/mol. The van der Waals surface area contributed by atoms with Gasteiger partial charge in [-0.05, 0) is 12.8 Å². The largest absolute Gasteiger partial charge is 0.343 e. The highest BCUT2D eigenvalue weighted by atomic mass is 16.5. The van der Waals surface area contributed by atoms with Crippen LogP contribution in [0.4, 0.5) is 0 Å². The van der Waals surface area contributed by atoms with E-state index in [0.29, 0.717) is 18.9 Å². The number of aromatic nitrogens is 5. The van der Waals surface area contributed by atoms with Gasteiger partial charge in [0.05, 0.1) is 13.1 Å². The van der Waals surface area contributed by atoms with Crippen molar-refractivity contribution in [1.29, 1.82) is 0 Å². The van der Waals surface area contributed by atoms with Gasteiger partial charge >= 0.3 is 0 Å². The summed E-state index contributed by atoms with van der Waals surface area (Å²) < 4.78 is 6.86. The Labute approximate surface area is 98.2 Å². The Balaban J connectivity index is 1.60. The van der Waals surface area contributed by atoms with E-state index in [1.54, 1.807) is 0 Å². The Bertz CT molecular complexity index is 477. The molecule has 0 aliphatic carbocycles. The second kappa shape index (κ2) is 4.62. The van der Waals surface area contributed by atoms with Crippen LogP contribution in [0.2, 0.25) is 0 Å². The van der Waals surface area contributed by atoms with Crippen LogP contribution in [0.25, 0.3) is 0 Å². The molecule has 3 rings (SSSR count). The van der Waals surface area contributed by atoms with Gasteiger partial charge in [-0.2, -0.15) is 4.98 Å². The Morgan fingerprint density at radius 1 is 1.29 bits per heavy atom. The van der Waals surface area contributed by atoms with E-state index in [0.717, 1.165) is 24.6 Å². The molecule has 2 aromatic rings. The number of hydrogen-bond acceptors (Lipinski definition) is 6. The maximum atomic E-state index is 4.66. The van der Waals surface area contributed by atoms with Crippen LogP contribution in [-0.4, -0.2) is 24.9 Å². The van der Waals surface area contributed by atoms with Crippen molar-refractivity contribution in [2.24, 2.45) is 0 Å². The first kappa shape index (κ1) is 10.4. The monoisotopic (exact) mass is 234 g/mol. The highest BCUT2D eigenvalue weighted by Crippen LogP contribution is 2.13. The number of hydrogen-bond donors (Lipinski definition) is 1. The second-order valence-corrected chi connectivity index (χ2v) is 4.09. The van der Waals surface area contributed by atoms with Crippen molar-refractivity contribution in [3.8, 4) is 0 Å². The molecule has 0 bridgehead atoms. The molecule has 7 nitrogen and oxygen atoms in total. The van der Waals surface area contributed by atoms with E-state index in [-0.39, 0.29) is 0 Å². The van der Waals surface area contributed by atoms with Gasteiger partial charge in [0.1, 0.15) is 11.6 Å². The average Bonchev–Trinajstić information content (AvgIpc) is 2.99. The number of aryl methyl sites for hydroxylation is 1. The lowest BCUT2D eigenvalue weighted by Gasteiger charge is -2.14. The summed E-state index contributed by atoms with van der Waals surface area (Å²) in [5, 5.41) is 15.4. The molecule has 1 aliphatic rings. The van der Waals surface area contributed by atoms with Crippen LogP contribution in [0.3, 0.4) is 0 Å². The third-order valence-electron chi connectivity index (χ3n) is 2.91. The van der Waals surface area contributed by atoms with Crippen LogP contribution in [0.15, 0.2) is 10.9 Å². The molecule has 0 amide bonds. The first-order chi connectivity index (χ1) is 8.43. The SMILES string of the molecule is c1nc(CNCc2nnc3n2CCCC3)no1. The molecule has 7 heteroatoms. The fourth-order valence-electron chi connectivity index (χ4n) is 2.06. The van der Waals surface area contributed by atoms with E-state index in [9.17, 15) is 0 Å². The van der Waals surface area contributed by atoms with Crippen molar-refractivity contribution in [1.82, 2.24) is 30.2 Å². The molecule has 90 valence electrons. The number of rotatable bonds is 4. The molecule has 0 saturated heterocycles. The Morgan fingerprint density at radius 2 is 2.29 bits per heavy atom. The number of nitrogens with one attached hydrogen (secondary N) is 1. The normalized spacial score (nSPS) is 14.8. The topological polar surface area (TPSA) is 81.7 Å². The van der Waals surface area contributed by atoms with Gasteiger partial charge in [-0.3, -0.25) is 0 Å². The Hall–Kier alpha value is -1.76. The third kappa shape index (κ3) is 2.19. The van der Waals surface area contributed by atoms with Crippen LogP contribution in [0.5, 0.6) is 0 Å². The molecule has 0 radical (unpaired) electrons. The molecule has 1 N–H and O–H groups in total. The van der Waals surface area contributed by atoms with Crippen LogP contribution >= 0.6 is 0 Å². The predicted octanol–water partition coefficient (Wildman–Crippen LogP) is 0.287. The fourth-order valence-corrected chi connectivity index (χ4v) is 2.06. The first-order valence-corrected chi connectivity index (χ1v) is 5.80. The molecular formula is C10H14N6O. The van der Waals surface area contributed by atoms with Gasteiger partial charge in [0.15, 0.2) is 5.82 Å². The summed E-state index contributed by atoms with van der Waals surface area (Å²) in [5.74, 6) is 2.75. The standard InChI is InChI=1S/C10H14N6O/c1-2-4-16-9(3-1)13-14-10(16)6-11-5-8-12-7-17-15-8/h7,11H,1-6H2. The Kier molecular flexibility index (Phi) is 2.83. The van der Waals surface area contributed by atoms with Crippen molar-refractivity contribution in [3.05, 3.63) is 23.9 Å². The Morgan fingerprint density at radius 3 is 3.18 bits per heavy atom. The van der Waals surface area contributed by atoms with Crippen LogP contribution in [0.1, 0.15) is 30.3 Å². The smallest absolute Gasteiger partial charge is 0.213 e. The van der Waals surface area contributed by atoms with E-state index < -0.39 is 0 Å². The minimum absolute atomic E-state index is 0.582. The molecule has 2 aromatic heterocycles. The van der Waals surface area contributed by atoms with Gasteiger partial charge in [0.25, 0.3) is 0 Å². The zero-order chi connectivity index (χ0) is 11.5. The molecule has 3 heterocycles. The lowest BCUT2D eigenvalue weighted by atomic mass is 10.2. The number of fused-ring (bicyclic) bond motifs is 1. The van der Waals surface area contributed by atoms with Crippen molar-refractivity contribution >= 4 is 0 Å². The van der Waals surface area contributed by atoms with Crippen LogP contribution in [-0.2, 0) is 26.1 Å².